The summed E-state index contributed by atoms with van der Waals surface area (Å²) in [5.74, 6) is 0. The Hall–Kier alpha value is -0.980. The summed E-state index contributed by atoms with van der Waals surface area (Å²) in [7, 11) is -1.75. The fraction of sp³-hybridized carbons (Fsp3) is 0.333. The summed E-state index contributed by atoms with van der Waals surface area (Å²) in [5.41, 5.74) is 2.11. The van der Waals surface area contributed by atoms with Crippen LogP contribution >= 0.6 is 16.5 Å². The minimum Gasteiger partial charge on any atom is -0.392 e. The van der Waals surface area contributed by atoms with E-state index in [9.17, 15) is 0 Å². The molecule has 0 atom stereocenters. The first-order valence-electron chi connectivity index (χ1n) is 4.77. The third-order valence-electron chi connectivity index (χ3n) is 1.64. The molecule has 0 saturated carbocycles. The van der Waals surface area contributed by atoms with Gasteiger partial charge in [0.2, 0.25) is 0 Å². The smallest absolute Gasteiger partial charge is 0.392 e. The Bertz CT molecular complexity index is 363. The van der Waals surface area contributed by atoms with Crippen LogP contribution in [0.15, 0.2) is 24.3 Å². The first kappa shape index (κ1) is 20.3. The molecule has 5 N–H and O–H groups in total. The van der Waals surface area contributed by atoms with Gasteiger partial charge in [0, 0.05) is 28.9 Å². The van der Waals surface area contributed by atoms with Crippen LogP contribution in [0.25, 0.3) is 0 Å². The molecule has 0 aliphatic carbocycles. The normalized spacial score (nSPS) is 8.37. The highest BCUT2D eigenvalue weighted by Gasteiger charge is 1.94. The molecule has 1 aromatic rings. The predicted octanol–water partition coefficient (Wildman–Crippen LogP) is 0.502. The van der Waals surface area contributed by atoms with Crippen molar-refractivity contribution in [1.29, 1.82) is 0 Å². The van der Waals surface area contributed by atoms with Gasteiger partial charge in [-0.25, -0.2) is 0 Å². The van der Waals surface area contributed by atoms with Gasteiger partial charge in [0.15, 0.2) is 0 Å². The molecule has 108 valence electrons. The molecule has 8 nitrogen and oxygen atoms in total. The average Bonchev–Trinajstić information content (AvgIpc) is 2.27. The minimum atomic E-state index is -2.87. The van der Waals surface area contributed by atoms with Crippen molar-refractivity contribution in [3.05, 3.63) is 29.8 Å². The molecule has 1 aromatic carbocycles. The highest BCUT2D eigenvalue weighted by atomic mass is 31.1. The lowest BCUT2D eigenvalue weighted by molar-refractivity contribution is 0.282. The number of nitrogens with zero attached hydrogens (tertiary/aromatic N) is 1. The summed E-state index contributed by atoms with van der Waals surface area (Å²) in [6.45, 7) is 0.119. The maximum absolute atomic E-state index is 8.75. The molecule has 0 heterocycles. The fourth-order valence-corrected chi connectivity index (χ4v) is 0.899. The largest absolute Gasteiger partial charge is 0.692 e. The van der Waals surface area contributed by atoms with Gasteiger partial charge in [-0.05, 0) is 17.7 Å². The molecule has 1 rings (SSSR count). The second-order valence-corrected chi connectivity index (χ2v) is 4.24. The molecular weight excluding hydrogens is 296 g/mol. The molecule has 10 heteroatoms. The zero-order chi connectivity index (χ0) is 15.4. The zero-order valence-corrected chi connectivity index (χ0v) is 12.2. The highest BCUT2D eigenvalue weighted by molar-refractivity contribution is 7.31. The Balaban J connectivity index is 0. The van der Waals surface area contributed by atoms with Crippen molar-refractivity contribution in [3.8, 4) is 0 Å². The van der Waals surface area contributed by atoms with Crippen molar-refractivity contribution >= 4 is 22.2 Å². The molecule has 0 radical (unpaired) electrons. The van der Waals surface area contributed by atoms with Crippen molar-refractivity contribution in [2.24, 2.45) is 0 Å². The Morgan fingerprint density at radius 3 is 1.47 bits per heavy atom. The monoisotopic (exact) mass is 313 g/mol. The van der Waals surface area contributed by atoms with Crippen molar-refractivity contribution < 1.29 is 33.8 Å². The average molecular weight is 313 g/mol. The molecule has 0 spiro atoms. The van der Waals surface area contributed by atoms with Gasteiger partial charge in [-0.1, -0.05) is 12.1 Å². The van der Waals surface area contributed by atoms with E-state index >= 15 is 0 Å². The molecule has 19 heavy (non-hydrogen) atoms. The quantitative estimate of drug-likeness (QED) is 0.498. The zero-order valence-electron chi connectivity index (χ0n) is 10.4. The van der Waals surface area contributed by atoms with E-state index in [0.717, 1.165) is 11.3 Å². The van der Waals surface area contributed by atoms with Crippen LogP contribution in [-0.4, -0.2) is 38.8 Å². The third-order valence-corrected chi connectivity index (χ3v) is 1.64. The van der Waals surface area contributed by atoms with Gasteiger partial charge in [0.05, 0.1) is 6.61 Å². The topological polar surface area (TPSA) is 139 Å². The van der Waals surface area contributed by atoms with E-state index in [1.54, 1.807) is 0 Å². The summed E-state index contributed by atoms with van der Waals surface area (Å²) in [6, 6.07) is 7.84. The van der Waals surface area contributed by atoms with Crippen LogP contribution in [0.5, 0.6) is 0 Å². The third kappa shape index (κ3) is 17.0. The van der Waals surface area contributed by atoms with Crippen LogP contribution in [-0.2, 0) is 15.7 Å². The van der Waals surface area contributed by atoms with E-state index < -0.39 is 16.5 Å². The number of aliphatic hydroxyl groups is 1. The number of hydrogen-bond donors (Lipinski definition) is 5. The second kappa shape index (κ2) is 12.1. The van der Waals surface area contributed by atoms with Gasteiger partial charge in [-0.15, -0.1) is 19.6 Å². The summed E-state index contributed by atoms with van der Waals surface area (Å²) >= 11 is 0. The van der Waals surface area contributed by atoms with Crippen molar-refractivity contribution in [3.63, 3.8) is 0 Å². The lowest BCUT2D eigenvalue weighted by Gasteiger charge is -2.11. The van der Waals surface area contributed by atoms with E-state index in [2.05, 4.69) is 0 Å². The van der Waals surface area contributed by atoms with Crippen LogP contribution in [0.3, 0.4) is 0 Å². The van der Waals surface area contributed by atoms with Crippen molar-refractivity contribution in [2.75, 3.05) is 19.0 Å². The Labute approximate surface area is 112 Å². The molecule has 0 unspecified atom stereocenters. The van der Waals surface area contributed by atoms with E-state index in [1.807, 2.05) is 43.3 Å². The van der Waals surface area contributed by atoms with Crippen LogP contribution in [0.4, 0.5) is 5.69 Å². The first-order valence-corrected chi connectivity index (χ1v) is 7.10. The van der Waals surface area contributed by atoms with Crippen LogP contribution < -0.4 is 4.90 Å². The van der Waals surface area contributed by atoms with E-state index in [4.69, 9.17) is 33.8 Å². The number of rotatable bonds is 2. The summed E-state index contributed by atoms with van der Waals surface area (Å²) in [6.07, 6.45) is 0. The van der Waals surface area contributed by atoms with Gasteiger partial charge in [0.1, 0.15) is 0 Å². The van der Waals surface area contributed by atoms with Gasteiger partial charge in [-0.2, -0.15) is 0 Å². The van der Waals surface area contributed by atoms with Crippen LogP contribution in [0.2, 0.25) is 0 Å². The van der Waals surface area contributed by atoms with Crippen LogP contribution in [0.1, 0.15) is 5.56 Å². The SMILES string of the molecule is CN(C)c1ccc(CO)cc1.O=[P+](O)O.O=[P+](O)O. The molecule has 0 fully saturated rings. The van der Waals surface area contributed by atoms with E-state index in [0.29, 0.717) is 0 Å². The maximum Gasteiger partial charge on any atom is 0.692 e. The van der Waals surface area contributed by atoms with E-state index in [-0.39, 0.29) is 6.61 Å². The van der Waals surface area contributed by atoms with Gasteiger partial charge in [0.25, 0.3) is 0 Å². The summed E-state index contributed by atoms with van der Waals surface area (Å²) in [4.78, 5) is 30.5. The molecular formula is C9H17NO7P2+2. The molecule has 0 bridgehead atoms. The molecule has 0 amide bonds. The predicted molar refractivity (Wildman–Crippen MR) is 70.8 cm³/mol. The van der Waals surface area contributed by atoms with Crippen LogP contribution in [0, 0.1) is 0 Å². The minimum absolute atomic E-state index is 0.119. The van der Waals surface area contributed by atoms with Crippen molar-refractivity contribution in [2.45, 2.75) is 6.61 Å². The maximum atomic E-state index is 8.75. The first-order chi connectivity index (χ1) is 8.70. The van der Waals surface area contributed by atoms with Gasteiger partial charge in [-0.3, -0.25) is 0 Å². The number of hydrogen-bond acceptors (Lipinski definition) is 4. The van der Waals surface area contributed by atoms with E-state index in [1.165, 1.54) is 0 Å². The Morgan fingerprint density at radius 2 is 1.26 bits per heavy atom. The number of benzene rings is 1. The van der Waals surface area contributed by atoms with Crippen molar-refractivity contribution in [1.82, 2.24) is 0 Å². The number of aliphatic hydroxyl groups excluding tert-OH is 1. The molecule has 0 aromatic heterocycles. The van der Waals surface area contributed by atoms with Gasteiger partial charge >= 0.3 is 16.5 Å². The second-order valence-electron chi connectivity index (χ2n) is 3.22. The fourth-order valence-electron chi connectivity index (χ4n) is 0.899. The number of anilines is 1. The Morgan fingerprint density at radius 1 is 0.947 bits per heavy atom. The molecule has 0 aliphatic rings. The highest BCUT2D eigenvalue weighted by Crippen LogP contribution is 2.11. The van der Waals surface area contributed by atoms with Gasteiger partial charge < -0.3 is 10.0 Å². The standard InChI is InChI=1S/C9H13NO.2HO3P/c1-10(2)9-5-3-8(7-11)4-6-9;2*1-4(2)3/h3-6,11H,7H2,1-2H3;2*(H-,1,2,3)/p+2. The summed E-state index contributed by atoms with van der Waals surface area (Å²) < 4.78 is 17.4. The molecule has 0 aliphatic heterocycles. The lowest BCUT2D eigenvalue weighted by Crippen LogP contribution is -2.08. The Kier molecular flexibility index (Phi) is 12.9. The lowest BCUT2D eigenvalue weighted by atomic mass is 10.2. The summed E-state index contributed by atoms with van der Waals surface area (Å²) in [5, 5.41) is 8.75. The molecule has 0 saturated heterocycles.